The summed E-state index contributed by atoms with van der Waals surface area (Å²) in [5, 5.41) is 12.3. The predicted molar refractivity (Wildman–Crippen MR) is 110 cm³/mol. The van der Waals surface area contributed by atoms with E-state index >= 15 is 4.39 Å². The molecule has 2 N–H and O–H groups in total. The van der Waals surface area contributed by atoms with Crippen molar-refractivity contribution in [1.82, 2.24) is 9.88 Å². The first-order valence-corrected chi connectivity index (χ1v) is 10.1. The normalized spacial score (nSPS) is 19.9. The Kier molecular flexibility index (Phi) is 5.31. The largest absolute Gasteiger partial charge is 0.511 e. The van der Waals surface area contributed by atoms with Gasteiger partial charge in [-0.05, 0) is 45.2 Å². The molecule has 1 saturated heterocycles. The molecule has 8 nitrogen and oxygen atoms in total. The lowest BCUT2D eigenvalue weighted by Gasteiger charge is -2.25. The number of carbonyl (C=O) groups is 1. The standard InChI is InChI=1S/C21H26FN3O5/c1-11(23-2)12-6-7-24(9-12)18-15(22)8-14-17(20(18)29-3)25(13-4-5-13)10-16(19(14)26)30-21(27)28/h8,10-13,23H,4-7,9H2,1-3H3,(H,27,28)/t11-,12-/m1/s1. The molecule has 1 aliphatic heterocycles. The molecule has 0 unspecified atom stereocenters. The predicted octanol–water partition coefficient (Wildman–Crippen LogP) is 2.98. The van der Waals surface area contributed by atoms with Crippen LogP contribution < -0.4 is 25.1 Å². The zero-order valence-corrected chi connectivity index (χ0v) is 17.3. The Morgan fingerprint density at radius 1 is 1.37 bits per heavy atom. The number of nitrogens with zero attached hydrogens (tertiary/aromatic N) is 2. The van der Waals surface area contributed by atoms with Crippen molar-refractivity contribution >= 4 is 22.7 Å². The Bertz CT molecular complexity index is 1050. The van der Waals surface area contributed by atoms with E-state index in [-0.39, 0.29) is 17.2 Å². The van der Waals surface area contributed by atoms with Crippen molar-refractivity contribution in [3.05, 3.63) is 28.3 Å². The number of anilines is 1. The van der Waals surface area contributed by atoms with Crippen molar-refractivity contribution in [3.63, 3.8) is 0 Å². The van der Waals surface area contributed by atoms with Crippen molar-refractivity contribution in [3.8, 4) is 11.5 Å². The molecular formula is C21H26FN3O5. The van der Waals surface area contributed by atoms with Gasteiger partial charge in [-0.3, -0.25) is 4.79 Å². The summed E-state index contributed by atoms with van der Waals surface area (Å²) >= 11 is 0. The molecule has 2 aliphatic rings. The molecule has 0 bridgehead atoms. The molecule has 1 aliphatic carbocycles. The molecule has 2 aromatic rings. The van der Waals surface area contributed by atoms with Gasteiger partial charge < -0.3 is 29.4 Å². The molecule has 162 valence electrons. The number of pyridine rings is 1. The van der Waals surface area contributed by atoms with Crippen molar-refractivity contribution in [2.75, 3.05) is 32.1 Å². The SMILES string of the molecule is CN[C@H](C)[C@@H]1CCN(c2c(F)cc3c(=O)c(OC(=O)O)cn(C4CC4)c3c2OC)C1. The third kappa shape index (κ3) is 3.47. The third-order valence-corrected chi connectivity index (χ3v) is 6.21. The summed E-state index contributed by atoms with van der Waals surface area (Å²) in [4.78, 5) is 25.8. The number of fused-ring (bicyclic) bond motifs is 1. The first-order valence-electron chi connectivity index (χ1n) is 10.1. The van der Waals surface area contributed by atoms with Gasteiger partial charge in [-0.2, -0.15) is 0 Å². The number of aromatic nitrogens is 1. The van der Waals surface area contributed by atoms with Crippen LogP contribution in [0.3, 0.4) is 0 Å². The highest BCUT2D eigenvalue weighted by Gasteiger charge is 2.34. The van der Waals surface area contributed by atoms with E-state index in [0.717, 1.165) is 19.3 Å². The first-order chi connectivity index (χ1) is 14.3. The zero-order chi connectivity index (χ0) is 21.6. The minimum atomic E-state index is -1.58. The number of ether oxygens (including phenoxy) is 2. The van der Waals surface area contributed by atoms with E-state index in [0.29, 0.717) is 42.0 Å². The van der Waals surface area contributed by atoms with Crippen LogP contribution in [0, 0.1) is 11.7 Å². The molecule has 2 heterocycles. The van der Waals surface area contributed by atoms with Crippen LogP contribution in [0.2, 0.25) is 0 Å². The smallest absolute Gasteiger partial charge is 0.492 e. The zero-order valence-electron chi connectivity index (χ0n) is 17.3. The second-order valence-corrected chi connectivity index (χ2v) is 8.04. The number of rotatable bonds is 6. The maximum absolute atomic E-state index is 15.3. The molecule has 0 spiro atoms. The van der Waals surface area contributed by atoms with Crippen LogP contribution in [0.1, 0.15) is 32.2 Å². The lowest BCUT2D eigenvalue weighted by atomic mass is 10.0. The number of carboxylic acid groups (broad SMARTS) is 1. The summed E-state index contributed by atoms with van der Waals surface area (Å²) in [5.41, 5.74) is 0.150. The monoisotopic (exact) mass is 419 g/mol. The van der Waals surface area contributed by atoms with Gasteiger partial charge in [0.1, 0.15) is 5.69 Å². The number of hydrogen-bond donors (Lipinski definition) is 2. The Labute approximate surface area is 173 Å². The molecule has 1 aromatic heterocycles. The number of halogens is 1. The summed E-state index contributed by atoms with van der Waals surface area (Å²) in [6.45, 7) is 3.47. The summed E-state index contributed by atoms with van der Waals surface area (Å²) in [7, 11) is 3.38. The van der Waals surface area contributed by atoms with Crippen molar-refractivity contribution < 1.29 is 23.8 Å². The number of benzene rings is 1. The van der Waals surface area contributed by atoms with Gasteiger partial charge in [0.2, 0.25) is 5.43 Å². The Morgan fingerprint density at radius 3 is 2.70 bits per heavy atom. The molecule has 1 aromatic carbocycles. The second kappa shape index (κ2) is 7.79. The quantitative estimate of drug-likeness (QED) is 0.696. The molecular weight excluding hydrogens is 393 g/mol. The van der Waals surface area contributed by atoms with E-state index in [1.165, 1.54) is 19.4 Å². The van der Waals surface area contributed by atoms with Crippen LogP contribution in [0.4, 0.5) is 14.9 Å². The maximum atomic E-state index is 15.3. The van der Waals surface area contributed by atoms with Gasteiger partial charge in [0.15, 0.2) is 17.3 Å². The molecule has 0 radical (unpaired) electrons. The van der Waals surface area contributed by atoms with E-state index < -0.39 is 17.4 Å². The molecule has 2 atom stereocenters. The van der Waals surface area contributed by atoms with Crippen LogP contribution in [0.25, 0.3) is 10.9 Å². The molecule has 9 heteroatoms. The van der Waals surface area contributed by atoms with Gasteiger partial charge in [-0.25, -0.2) is 9.18 Å². The van der Waals surface area contributed by atoms with Crippen LogP contribution in [0.15, 0.2) is 17.1 Å². The van der Waals surface area contributed by atoms with Crippen molar-refractivity contribution in [2.45, 2.75) is 38.3 Å². The van der Waals surface area contributed by atoms with E-state index in [4.69, 9.17) is 9.84 Å². The van der Waals surface area contributed by atoms with Gasteiger partial charge in [-0.15, -0.1) is 0 Å². The Morgan fingerprint density at radius 2 is 2.10 bits per heavy atom. The van der Waals surface area contributed by atoms with Gasteiger partial charge in [0.05, 0.1) is 24.2 Å². The maximum Gasteiger partial charge on any atom is 0.511 e. The van der Waals surface area contributed by atoms with E-state index in [1.807, 2.05) is 11.9 Å². The van der Waals surface area contributed by atoms with E-state index in [2.05, 4.69) is 17.0 Å². The van der Waals surface area contributed by atoms with Gasteiger partial charge in [-0.1, -0.05) is 0 Å². The highest BCUT2D eigenvalue weighted by Crippen LogP contribution is 2.45. The molecule has 30 heavy (non-hydrogen) atoms. The lowest BCUT2D eigenvalue weighted by Crippen LogP contribution is -2.33. The fourth-order valence-corrected chi connectivity index (χ4v) is 4.35. The van der Waals surface area contributed by atoms with E-state index in [9.17, 15) is 9.59 Å². The summed E-state index contributed by atoms with van der Waals surface area (Å²) < 4.78 is 27.4. The van der Waals surface area contributed by atoms with Crippen LogP contribution in [0.5, 0.6) is 11.5 Å². The van der Waals surface area contributed by atoms with Gasteiger partial charge >= 0.3 is 6.16 Å². The third-order valence-electron chi connectivity index (χ3n) is 6.21. The number of methoxy groups -OCH3 is 1. The molecule has 4 rings (SSSR count). The number of hydrogen-bond acceptors (Lipinski definition) is 6. The average molecular weight is 419 g/mol. The van der Waals surface area contributed by atoms with Crippen molar-refractivity contribution in [1.29, 1.82) is 0 Å². The minimum absolute atomic E-state index is 0.0538. The van der Waals surface area contributed by atoms with Crippen LogP contribution in [-0.4, -0.2) is 49.1 Å². The van der Waals surface area contributed by atoms with Crippen LogP contribution >= 0.6 is 0 Å². The number of nitrogens with one attached hydrogen (secondary N) is 1. The van der Waals surface area contributed by atoms with Crippen molar-refractivity contribution in [2.24, 2.45) is 5.92 Å². The fraction of sp³-hybridized carbons (Fsp3) is 0.524. The van der Waals surface area contributed by atoms with Gasteiger partial charge in [0.25, 0.3) is 0 Å². The lowest BCUT2D eigenvalue weighted by molar-refractivity contribution is 0.143. The molecule has 2 fully saturated rings. The summed E-state index contributed by atoms with van der Waals surface area (Å²) in [6, 6.07) is 1.56. The Balaban J connectivity index is 1.90. The Hall–Kier alpha value is -2.81. The highest BCUT2D eigenvalue weighted by atomic mass is 19.1. The molecule has 0 amide bonds. The minimum Gasteiger partial charge on any atom is -0.492 e. The van der Waals surface area contributed by atoms with E-state index in [1.54, 1.807) is 4.57 Å². The molecule has 1 saturated carbocycles. The highest BCUT2D eigenvalue weighted by molar-refractivity contribution is 5.92. The topological polar surface area (TPSA) is 93.0 Å². The first kappa shape index (κ1) is 20.5. The van der Waals surface area contributed by atoms with Crippen LogP contribution in [-0.2, 0) is 0 Å². The van der Waals surface area contributed by atoms with Gasteiger partial charge in [0, 0.05) is 25.2 Å². The average Bonchev–Trinajstić information content (AvgIpc) is 3.45. The second-order valence-electron chi connectivity index (χ2n) is 8.04. The fourth-order valence-electron chi connectivity index (χ4n) is 4.35. The summed E-state index contributed by atoms with van der Waals surface area (Å²) in [6.07, 6.45) is 2.50. The summed E-state index contributed by atoms with van der Waals surface area (Å²) in [5.74, 6) is -0.232.